The molecule has 0 saturated heterocycles. The molecule has 0 N–H and O–H groups in total. The Balaban J connectivity index is 1.61. The number of aromatic nitrogens is 1. The van der Waals surface area contributed by atoms with Crippen molar-refractivity contribution in [2.24, 2.45) is 0 Å². The molecule has 0 unspecified atom stereocenters. The highest BCUT2D eigenvalue weighted by atomic mass is 16.5. The van der Waals surface area contributed by atoms with Crippen LogP contribution in [0, 0.1) is 0 Å². The van der Waals surface area contributed by atoms with E-state index < -0.39 is 0 Å². The molecule has 0 atom stereocenters. The third-order valence-corrected chi connectivity index (χ3v) is 3.59. The van der Waals surface area contributed by atoms with E-state index in [4.69, 9.17) is 9.26 Å². The Morgan fingerprint density at radius 1 is 1.08 bits per heavy atom. The van der Waals surface area contributed by atoms with Gasteiger partial charge in [-0.05, 0) is 24.3 Å². The first kappa shape index (κ1) is 15.8. The largest absolute Gasteiger partial charge is 0.455 e. The van der Waals surface area contributed by atoms with Gasteiger partial charge in [-0.1, -0.05) is 35.5 Å². The van der Waals surface area contributed by atoms with E-state index in [1.165, 1.54) is 0 Å². The molecule has 24 heavy (non-hydrogen) atoms. The molecule has 0 aliphatic rings. The van der Waals surface area contributed by atoms with Crippen molar-refractivity contribution in [2.75, 3.05) is 19.0 Å². The lowest BCUT2D eigenvalue weighted by Gasteiger charge is -2.12. The smallest absolute Gasteiger partial charge is 0.338 e. The summed E-state index contributed by atoms with van der Waals surface area (Å²) in [5.41, 5.74) is 3.04. The van der Waals surface area contributed by atoms with Crippen molar-refractivity contribution in [2.45, 2.75) is 6.61 Å². The van der Waals surface area contributed by atoms with Crippen LogP contribution in [0.3, 0.4) is 0 Å². The predicted molar refractivity (Wildman–Crippen MR) is 91.8 cm³/mol. The van der Waals surface area contributed by atoms with Gasteiger partial charge in [-0.15, -0.1) is 0 Å². The summed E-state index contributed by atoms with van der Waals surface area (Å²) in [4.78, 5) is 14.0. The van der Waals surface area contributed by atoms with Gasteiger partial charge in [0.15, 0.2) is 5.76 Å². The van der Waals surface area contributed by atoms with Crippen molar-refractivity contribution in [1.82, 2.24) is 5.16 Å². The monoisotopic (exact) mass is 322 g/mol. The van der Waals surface area contributed by atoms with Crippen molar-refractivity contribution < 1.29 is 14.1 Å². The summed E-state index contributed by atoms with van der Waals surface area (Å²) in [5.74, 6) is 0.265. The molecule has 5 nitrogen and oxygen atoms in total. The number of nitrogens with zero attached hydrogens (tertiary/aromatic N) is 2. The third kappa shape index (κ3) is 3.63. The SMILES string of the molecule is CN(C)c1ccc(C(=O)OCc2cc(-c3ccccc3)on2)cc1. The van der Waals surface area contributed by atoms with E-state index in [1.807, 2.05) is 61.5 Å². The van der Waals surface area contributed by atoms with Crippen LogP contribution in [0.25, 0.3) is 11.3 Å². The van der Waals surface area contributed by atoms with Crippen LogP contribution < -0.4 is 4.90 Å². The van der Waals surface area contributed by atoms with Crippen LogP contribution in [0.5, 0.6) is 0 Å². The van der Waals surface area contributed by atoms with E-state index in [0.717, 1.165) is 11.3 Å². The Kier molecular flexibility index (Phi) is 4.61. The standard InChI is InChI=1S/C19H18N2O3/c1-21(2)17-10-8-15(9-11-17)19(22)23-13-16-12-18(24-20-16)14-6-4-3-5-7-14/h3-12H,13H2,1-2H3. The average Bonchev–Trinajstić information content (AvgIpc) is 3.09. The summed E-state index contributed by atoms with van der Waals surface area (Å²) in [5, 5.41) is 3.94. The summed E-state index contributed by atoms with van der Waals surface area (Å²) < 4.78 is 10.6. The summed E-state index contributed by atoms with van der Waals surface area (Å²) in [7, 11) is 3.89. The Bertz CT molecular complexity index is 808. The number of ether oxygens (including phenoxy) is 1. The quantitative estimate of drug-likeness (QED) is 0.669. The van der Waals surface area contributed by atoms with E-state index in [-0.39, 0.29) is 12.6 Å². The van der Waals surface area contributed by atoms with Crippen LogP contribution in [0.2, 0.25) is 0 Å². The Morgan fingerprint density at radius 2 is 1.79 bits per heavy atom. The highest BCUT2D eigenvalue weighted by Gasteiger charge is 2.11. The second-order valence-electron chi connectivity index (χ2n) is 5.57. The fourth-order valence-corrected chi connectivity index (χ4v) is 2.24. The lowest BCUT2D eigenvalue weighted by atomic mass is 10.2. The maximum atomic E-state index is 12.1. The summed E-state index contributed by atoms with van der Waals surface area (Å²) >= 11 is 0. The molecule has 0 fully saturated rings. The van der Waals surface area contributed by atoms with E-state index in [9.17, 15) is 4.79 Å². The molecule has 0 aliphatic carbocycles. The molecular formula is C19H18N2O3. The van der Waals surface area contributed by atoms with Crippen LogP contribution >= 0.6 is 0 Å². The van der Waals surface area contributed by atoms with Crippen molar-refractivity contribution in [3.05, 3.63) is 71.9 Å². The fraction of sp³-hybridized carbons (Fsp3) is 0.158. The molecule has 0 saturated carbocycles. The molecule has 0 aliphatic heterocycles. The highest BCUT2D eigenvalue weighted by Crippen LogP contribution is 2.20. The zero-order valence-corrected chi connectivity index (χ0v) is 13.6. The van der Waals surface area contributed by atoms with E-state index in [2.05, 4.69) is 5.16 Å². The van der Waals surface area contributed by atoms with Gasteiger partial charge in [0.05, 0.1) is 5.56 Å². The zero-order chi connectivity index (χ0) is 16.9. The summed E-state index contributed by atoms with van der Waals surface area (Å²) in [6, 6.07) is 18.7. The summed E-state index contributed by atoms with van der Waals surface area (Å²) in [6.07, 6.45) is 0. The maximum absolute atomic E-state index is 12.1. The van der Waals surface area contributed by atoms with Gasteiger partial charge < -0.3 is 14.2 Å². The average molecular weight is 322 g/mol. The number of carbonyl (C=O) groups is 1. The second kappa shape index (κ2) is 7.00. The Labute approximate surface area is 140 Å². The van der Waals surface area contributed by atoms with Gasteiger partial charge in [0.2, 0.25) is 0 Å². The lowest BCUT2D eigenvalue weighted by molar-refractivity contribution is 0.0464. The van der Waals surface area contributed by atoms with Crippen molar-refractivity contribution in [3.8, 4) is 11.3 Å². The molecule has 122 valence electrons. The third-order valence-electron chi connectivity index (χ3n) is 3.59. The molecule has 0 spiro atoms. The Hall–Kier alpha value is -3.08. The molecule has 0 amide bonds. The van der Waals surface area contributed by atoms with E-state index >= 15 is 0 Å². The van der Waals surface area contributed by atoms with Gasteiger partial charge in [0.1, 0.15) is 12.3 Å². The Morgan fingerprint density at radius 3 is 2.46 bits per heavy atom. The number of carbonyl (C=O) groups excluding carboxylic acids is 1. The van der Waals surface area contributed by atoms with Crippen LogP contribution in [-0.2, 0) is 11.3 Å². The molecule has 1 heterocycles. The first-order valence-corrected chi connectivity index (χ1v) is 7.59. The van der Waals surface area contributed by atoms with E-state index in [0.29, 0.717) is 17.0 Å². The van der Waals surface area contributed by atoms with Crippen LogP contribution in [0.15, 0.2) is 65.2 Å². The molecule has 0 bridgehead atoms. The van der Waals surface area contributed by atoms with Gasteiger partial charge in [-0.25, -0.2) is 4.79 Å². The summed E-state index contributed by atoms with van der Waals surface area (Å²) in [6.45, 7) is 0.0740. The molecule has 3 aromatic rings. The number of hydrogen-bond donors (Lipinski definition) is 0. The zero-order valence-electron chi connectivity index (χ0n) is 13.6. The number of rotatable bonds is 5. The molecular weight excluding hydrogens is 304 g/mol. The number of benzene rings is 2. The van der Waals surface area contributed by atoms with Crippen molar-refractivity contribution >= 4 is 11.7 Å². The van der Waals surface area contributed by atoms with Gasteiger partial charge in [-0.3, -0.25) is 0 Å². The predicted octanol–water partition coefficient (Wildman–Crippen LogP) is 3.76. The number of anilines is 1. The minimum atomic E-state index is -0.385. The molecule has 0 radical (unpaired) electrons. The van der Waals surface area contributed by atoms with E-state index in [1.54, 1.807) is 18.2 Å². The van der Waals surface area contributed by atoms with Crippen LogP contribution in [0.4, 0.5) is 5.69 Å². The first-order chi connectivity index (χ1) is 11.6. The number of esters is 1. The topological polar surface area (TPSA) is 55.6 Å². The first-order valence-electron chi connectivity index (χ1n) is 7.59. The van der Waals surface area contributed by atoms with Crippen LogP contribution in [-0.4, -0.2) is 25.2 Å². The van der Waals surface area contributed by atoms with Gasteiger partial charge in [0, 0.05) is 31.4 Å². The minimum Gasteiger partial charge on any atom is -0.455 e. The van der Waals surface area contributed by atoms with Gasteiger partial charge in [0.25, 0.3) is 0 Å². The van der Waals surface area contributed by atoms with Crippen LogP contribution in [0.1, 0.15) is 16.1 Å². The van der Waals surface area contributed by atoms with Gasteiger partial charge >= 0.3 is 5.97 Å². The minimum absolute atomic E-state index is 0.0740. The van der Waals surface area contributed by atoms with Crippen molar-refractivity contribution in [1.29, 1.82) is 0 Å². The van der Waals surface area contributed by atoms with Gasteiger partial charge in [-0.2, -0.15) is 0 Å². The fourth-order valence-electron chi connectivity index (χ4n) is 2.24. The molecule has 3 rings (SSSR count). The molecule has 2 aromatic carbocycles. The lowest BCUT2D eigenvalue weighted by Crippen LogP contribution is -2.09. The highest BCUT2D eigenvalue weighted by molar-refractivity contribution is 5.89. The number of hydrogen-bond acceptors (Lipinski definition) is 5. The normalized spacial score (nSPS) is 10.4. The molecule has 5 heteroatoms. The molecule has 1 aromatic heterocycles. The maximum Gasteiger partial charge on any atom is 0.338 e. The van der Waals surface area contributed by atoms with Crippen molar-refractivity contribution in [3.63, 3.8) is 0 Å². The second-order valence-corrected chi connectivity index (χ2v) is 5.57.